The quantitative estimate of drug-likeness (QED) is 0.486. The van der Waals surface area contributed by atoms with Gasteiger partial charge >= 0.3 is 0 Å². The van der Waals surface area contributed by atoms with Crippen molar-refractivity contribution in [2.45, 2.75) is 6.92 Å². The normalized spacial score (nSPS) is 11.2. The van der Waals surface area contributed by atoms with Crippen molar-refractivity contribution in [3.8, 4) is 17.1 Å². The van der Waals surface area contributed by atoms with E-state index in [1.807, 2.05) is 65.5 Å². The molecule has 4 rings (SSSR count). The highest BCUT2D eigenvalue weighted by atomic mass is 79.9. The zero-order valence-corrected chi connectivity index (χ0v) is 13.5. The maximum Gasteiger partial charge on any atom is 0.227 e. The van der Waals surface area contributed by atoms with E-state index in [0.29, 0.717) is 5.89 Å². The average Bonchev–Trinajstić information content (AvgIpc) is 3.17. The van der Waals surface area contributed by atoms with Gasteiger partial charge < -0.3 is 8.98 Å². The van der Waals surface area contributed by atoms with E-state index in [-0.39, 0.29) is 0 Å². The predicted molar refractivity (Wildman–Crippen MR) is 91.2 cm³/mol. The number of hydrogen-bond donors (Lipinski definition) is 0. The highest BCUT2D eigenvalue weighted by Gasteiger charge is 2.12. The third kappa shape index (κ3) is 2.16. The van der Waals surface area contributed by atoms with Gasteiger partial charge in [-0.1, -0.05) is 22.0 Å². The molecular weight excluding hydrogens is 340 g/mol. The Morgan fingerprint density at radius 2 is 1.86 bits per heavy atom. The minimum atomic E-state index is 0.651. The van der Waals surface area contributed by atoms with Gasteiger partial charge in [0.05, 0.1) is 0 Å². The third-order valence-corrected chi connectivity index (χ3v) is 4.63. The lowest BCUT2D eigenvalue weighted by Gasteiger charge is -2.02. The van der Waals surface area contributed by atoms with Gasteiger partial charge in [-0.3, -0.25) is 0 Å². The number of hydrogen-bond acceptors (Lipinski definition) is 2. The smallest absolute Gasteiger partial charge is 0.227 e. The molecule has 0 bridgehead atoms. The minimum Gasteiger partial charge on any atom is -0.436 e. The Labute approximate surface area is 136 Å². The van der Waals surface area contributed by atoms with Crippen LogP contribution in [0, 0.1) is 6.92 Å². The monoisotopic (exact) mass is 352 g/mol. The molecule has 3 nitrogen and oxygen atoms in total. The fourth-order valence-corrected chi connectivity index (χ4v) is 2.90. The molecule has 4 aromatic rings. The summed E-state index contributed by atoms with van der Waals surface area (Å²) < 4.78 is 9.09. The first-order valence-electron chi connectivity index (χ1n) is 7.02. The summed E-state index contributed by atoms with van der Waals surface area (Å²) in [5.41, 5.74) is 4.85. The molecule has 0 spiro atoms. The van der Waals surface area contributed by atoms with E-state index >= 15 is 0 Å². The third-order valence-electron chi connectivity index (χ3n) is 3.77. The second kappa shape index (κ2) is 5.14. The molecule has 0 unspecified atom stereocenters. The van der Waals surface area contributed by atoms with Crippen LogP contribution in [0.1, 0.15) is 5.56 Å². The Morgan fingerprint density at radius 1 is 1.05 bits per heavy atom. The molecule has 108 valence electrons. The van der Waals surface area contributed by atoms with Gasteiger partial charge in [0.15, 0.2) is 5.58 Å². The largest absolute Gasteiger partial charge is 0.436 e. The molecule has 0 N–H and O–H groups in total. The van der Waals surface area contributed by atoms with Crippen LogP contribution in [-0.2, 0) is 0 Å². The molecule has 0 saturated carbocycles. The van der Waals surface area contributed by atoms with Crippen LogP contribution >= 0.6 is 15.9 Å². The number of fused-ring (bicyclic) bond motifs is 1. The molecular formula is C18H13BrN2O. The SMILES string of the molecule is Cc1c(Br)cccc1-c1nc2ccc(-n3cccc3)cc2o1. The van der Waals surface area contributed by atoms with Crippen molar-refractivity contribution in [3.63, 3.8) is 0 Å². The Morgan fingerprint density at radius 3 is 2.68 bits per heavy atom. The van der Waals surface area contributed by atoms with Gasteiger partial charge in [0.1, 0.15) is 5.52 Å². The lowest BCUT2D eigenvalue weighted by Crippen LogP contribution is -1.87. The van der Waals surface area contributed by atoms with Gasteiger partial charge in [-0.15, -0.1) is 0 Å². The average molecular weight is 353 g/mol. The molecule has 0 radical (unpaired) electrons. The molecule has 2 aromatic carbocycles. The molecule has 22 heavy (non-hydrogen) atoms. The topological polar surface area (TPSA) is 31.0 Å². The number of rotatable bonds is 2. The molecule has 0 aliphatic carbocycles. The van der Waals surface area contributed by atoms with Crippen LogP contribution in [-0.4, -0.2) is 9.55 Å². The van der Waals surface area contributed by atoms with Gasteiger partial charge in [0.25, 0.3) is 0 Å². The lowest BCUT2D eigenvalue weighted by molar-refractivity contribution is 0.619. The van der Waals surface area contributed by atoms with Gasteiger partial charge in [0.2, 0.25) is 5.89 Å². The Bertz CT molecular complexity index is 955. The van der Waals surface area contributed by atoms with E-state index in [9.17, 15) is 0 Å². The van der Waals surface area contributed by atoms with E-state index in [2.05, 4.69) is 27.8 Å². The molecule has 2 aromatic heterocycles. The van der Waals surface area contributed by atoms with E-state index in [4.69, 9.17) is 4.42 Å². The molecule has 0 fully saturated rings. The molecule has 2 heterocycles. The van der Waals surface area contributed by atoms with E-state index in [1.54, 1.807) is 0 Å². The van der Waals surface area contributed by atoms with Crippen molar-refractivity contribution in [2.24, 2.45) is 0 Å². The molecule has 4 heteroatoms. The van der Waals surface area contributed by atoms with Crippen LogP contribution in [0.25, 0.3) is 28.2 Å². The van der Waals surface area contributed by atoms with Crippen molar-refractivity contribution < 1.29 is 4.42 Å². The molecule has 0 saturated heterocycles. The van der Waals surface area contributed by atoms with Crippen LogP contribution in [0.2, 0.25) is 0 Å². The Kier molecular flexibility index (Phi) is 3.12. The van der Waals surface area contributed by atoms with Crippen LogP contribution in [0.3, 0.4) is 0 Å². The van der Waals surface area contributed by atoms with E-state index < -0.39 is 0 Å². The second-order valence-corrected chi connectivity index (χ2v) is 6.03. The van der Waals surface area contributed by atoms with Crippen molar-refractivity contribution >= 4 is 27.0 Å². The number of aromatic nitrogens is 2. The van der Waals surface area contributed by atoms with Crippen LogP contribution < -0.4 is 0 Å². The fourth-order valence-electron chi connectivity index (χ4n) is 2.53. The first kappa shape index (κ1) is 13.3. The van der Waals surface area contributed by atoms with Crippen LogP contribution in [0.4, 0.5) is 0 Å². The number of benzene rings is 2. The first-order valence-corrected chi connectivity index (χ1v) is 7.81. The summed E-state index contributed by atoms with van der Waals surface area (Å²) in [6.45, 7) is 2.06. The van der Waals surface area contributed by atoms with Gasteiger partial charge in [-0.25, -0.2) is 4.98 Å². The highest BCUT2D eigenvalue weighted by Crippen LogP contribution is 2.31. The van der Waals surface area contributed by atoms with Crippen molar-refractivity contribution in [1.29, 1.82) is 0 Å². The summed E-state index contributed by atoms with van der Waals surface area (Å²) in [7, 11) is 0. The van der Waals surface area contributed by atoms with Crippen LogP contribution in [0.15, 0.2) is 69.8 Å². The summed E-state index contributed by atoms with van der Waals surface area (Å²) in [6, 6.07) is 16.1. The summed E-state index contributed by atoms with van der Waals surface area (Å²) >= 11 is 3.55. The van der Waals surface area contributed by atoms with E-state index in [0.717, 1.165) is 32.4 Å². The molecule has 0 aliphatic rings. The number of oxazole rings is 1. The summed E-state index contributed by atoms with van der Waals surface area (Å²) in [5.74, 6) is 0.651. The Balaban J connectivity index is 1.86. The first-order chi connectivity index (χ1) is 10.7. The van der Waals surface area contributed by atoms with Crippen LogP contribution in [0.5, 0.6) is 0 Å². The standard InChI is InChI=1S/C18H13BrN2O/c1-12-14(5-4-6-15(12)19)18-20-16-8-7-13(11-17(16)22-18)21-9-2-3-10-21/h2-11H,1H3. The highest BCUT2D eigenvalue weighted by molar-refractivity contribution is 9.10. The van der Waals surface area contributed by atoms with Gasteiger partial charge in [-0.2, -0.15) is 0 Å². The minimum absolute atomic E-state index is 0.651. The maximum atomic E-state index is 5.98. The Hall–Kier alpha value is -2.33. The molecule has 0 aliphatic heterocycles. The predicted octanol–water partition coefficient (Wildman–Crippen LogP) is 5.36. The maximum absolute atomic E-state index is 5.98. The van der Waals surface area contributed by atoms with Gasteiger partial charge in [0, 0.05) is 34.2 Å². The van der Waals surface area contributed by atoms with Gasteiger partial charge in [-0.05, 0) is 48.9 Å². The molecule has 0 atom stereocenters. The zero-order valence-electron chi connectivity index (χ0n) is 12.0. The molecule has 0 amide bonds. The number of halogens is 1. The zero-order chi connectivity index (χ0) is 15.1. The lowest BCUT2D eigenvalue weighted by atomic mass is 10.1. The fraction of sp³-hybridized carbons (Fsp3) is 0.0556. The van der Waals surface area contributed by atoms with E-state index in [1.165, 1.54) is 0 Å². The van der Waals surface area contributed by atoms with Crippen molar-refractivity contribution in [2.75, 3.05) is 0 Å². The van der Waals surface area contributed by atoms with Crippen molar-refractivity contribution in [1.82, 2.24) is 9.55 Å². The van der Waals surface area contributed by atoms with Crippen molar-refractivity contribution in [3.05, 3.63) is 71.0 Å². The summed E-state index contributed by atoms with van der Waals surface area (Å²) in [4.78, 5) is 4.61. The summed E-state index contributed by atoms with van der Waals surface area (Å²) in [6.07, 6.45) is 4.02. The second-order valence-electron chi connectivity index (χ2n) is 5.17. The number of nitrogens with zero attached hydrogens (tertiary/aromatic N) is 2. The summed E-state index contributed by atoms with van der Waals surface area (Å²) in [5, 5.41) is 0.